The Labute approximate surface area is 150 Å². The minimum atomic E-state index is 0.0976. The quantitative estimate of drug-likeness (QED) is 0.771. The molecule has 126 valence electrons. The summed E-state index contributed by atoms with van der Waals surface area (Å²) in [5.74, 6) is 1.31. The van der Waals surface area contributed by atoms with E-state index < -0.39 is 0 Å². The third kappa shape index (κ3) is 3.13. The number of aromatic nitrogens is 3. The molecule has 25 heavy (non-hydrogen) atoms. The molecule has 0 aliphatic heterocycles. The molecule has 2 aromatic heterocycles. The van der Waals surface area contributed by atoms with E-state index in [2.05, 4.69) is 32.6 Å². The predicted molar refractivity (Wildman–Crippen MR) is 101 cm³/mol. The van der Waals surface area contributed by atoms with Gasteiger partial charge in [0, 0.05) is 28.7 Å². The van der Waals surface area contributed by atoms with Crippen molar-refractivity contribution in [3.63, 3.8) is 0 Å². The van der Waals surface area contributed by atoms with Gasteiger partial charge in [-0.2, -0.15) is 9.36 Å². The van der Waals surface area contributed by atoms with Gasteiger partial charge in [-0.3, -0.25) is 0 Å². The molecule has 1 aromatic carbocycles. The van der Waals surface area contributed by atoms with E-state index in [1.165, 1.54) is 22.7 Å². The van der Waals surface area contributed by atoms with Gasteiger partial charge in [-0.25, -0.2) is 4.98 Å². The van der Waals surface area contributed by atoms with Crippen molar-refractivity contribution in [2.45, 2.75) is 26.4 Å². The second kappa shape index (κ2) is 6.29. The molecule has 6 heteroatoms. The van der Waals surface area contributed by atoms with E-state index >= 15 is 0 Å². The Hall–Kier alpha value is -2.73. The molecule has 0 saturated heterocycles. The Kier molecular flexibility index (Phi) is 3.97. The number of anilines is 1. The third-order valence-electron chi connectivity index (χ3n) is 3.98. The van der Waals surface area contributed by atoms with E-state index in [0.717, 1.165) is 23.3 Å². The number of benzene rings is 1. The average Bonchev–Trinajstić information content (AvgIpc) is 3.20. The largest absolute Gasteiger partial charge is 0.475 e. The van der Waals surface area contributed by atoms with Gasteiger partial charge in [0.15, 0.2) is 11.0 Å². The topological polar surface area (TPSA) is 73.9 Å². The molecule has 0 fully saturated rings. The van der Waals surface area contributed by atoms with E-state index in [-0.39, 0.29) is 6.10 Å². The lowest BCUT2D eigenvalue weighted by atomic mass is 10.00. The lowest BCUT2D eigenvalue weighted by molar-refractivity contribution is 0.232. The van der Waals surface area contributed by atoms with E-state index in [4.69, 9.17) is 10.5 Å². The molecule has 2 N–H and O–H groups in total. The Bertz CT molecular complexity index is 962. The lowest BCUT2D eigenvalue weighted by Crippen LogP contribution is -2.07. The average molecular weight is 350 g/mol. The number of pyridine rings is 1. The molecule has 0 bridgehead atoms. The van der Waals surface area contributed by atoms with Crippen LogP contribution in [-0.2, 0) is 6.42 Å². The second-order valence-corrected chi connectivity index (χ2v) is 6.96. The number of ether oxygens (including phenoxy) is 1. The number of hydrogen-bond donors (Lipinski definition) is 1. The summed E-state index contributed by atoms with van der Waals surface area (Å²) >= 11 is 1.21. The van der Waals surface area contributed by atoms with Crippen LogP contribution in [0.3, 0.4) is 0 Å². The number of allylic oxidation sites excluding steroid dienone is 1. The smallest absolute Gasteiger partial charge is 0.214 e. The highest BCUT2D eigenvalue weighted by Gasteiger charge is 2.19. The SMILES string of the molecule is CC(C)Oc1cccc(C2=CCc3ccc(-c4nsc(N)n4)cc32)n1. The minimum Gasteiger partial charge on any atom is -0.475 e. The Morgan fingerprint density at radius 1 is 1.16 bits per heavy atom. The van der Waals surface area contributed by atoms with Gasteiger partial charge in [-0.1, -0.05) is 24.3 Å². The fraction of sp³-hybridized carbons (Fsp3) is 0.211. The van der Waals surface area contributed by atoms with Crippen molar-refractivity contribution in [1.29, 1.82) is 0 Å². The van der Waals surface area contributed by atoms with Gasteiger partial charge in [0.25, 0.3) is 0 Å². The molecular weight excluding hydrogens is 332 g/mol. The lowest BCUT2D eigenvalue weighted by Gasteiger charge is -2.11. The maximum absolute atomic E-state index is 5.73. The molecule has 4 rings (SSSR count). The Morgan fingerprint density at radius 2 is 2.04 bits per heavy atom. The summed E-state index contributed by atoms with van der Waals surface area (Å²) in [6.07, 6.45) is 3.20. The first-order valence-corrected chi connectivity index (χ1v) is 8.94. The third-order valence-corrected chi connectivity index (χ3v) is 4.52. The van der Waals surface area contributed by atoms with Gasteiger partial charge < -0.3 is 10.5 Å². The van der Waals surface area contributed by atoms with E-state index in [0.29, 0.717) is 16.8 Å². The van der Waals surface area contributed by atoms with Crippen LogP contribution in [0.15, 0.2) is 42.5 Å². The molecule has 0 unspecified atom stereocenters. The molecule has 5 nitrogen and oxygen atoms in total. The number of nitrogens with two attached hydrogens (primary N) is 1. The van der Waals surface area contributed by atoms with Crippen molar-refractivity contribution in [2.24, 2.45) is 0 Å². The second-order valence-electron chi connectivity index (χ2n) is 6.18. The number of nitrogen functional groups attached to an aromatic ring is 1. The summed E-state index contributed by atoms with van der Waals surface area (Å²) in [5, 5.41) is 0.478. The minimum absolute atomic E-state index is 0.0976. The number of nitrogens with zero attached hydrogens (tertiary/aromatic N) is 3. The maximum atomic E-state index is 5.73. The molecule has 1 aliphatic carbocycles. The molecule has 1 aliphatic rings. The summed E-state index contributed by atoms with van der Waals surface area (Å²) in [5.41, 5.74) is 11.2. The summed E-state index contributed by atoms with van der Waals surface area (Å²) in [7, 11) is 0. The van der Waals surface area contributed by atoms with Gasteiger partial charge in [0.1, 0.15) is 0 Å². The highest BCUT2D eigenvalue weighted by molar-refractivity contribution is 7.09. The first-order chi connectivity index (χ1) is 12.1. The van der Waals surface area contributed by atoms with E-state index in [1.54, 1.807) is 0 Å². The summed E-state index contributed by atoms with van der Waals surface area (Å²) in [6, 6.07) is 12.2. The first-order valence-electron chi connectivity index (χ1n) is 8.17. The molecule has 0 radical (unpaired) electrons. The zero-order valence-electron chi connectivity index (χ0n) is 14.1. The molecule has 0 saturated carbocycles. The zero-order chi connectivity index (χ0) is 17.4. The van der Waals surface area contributed by atoms with Crippen molar-refractivity contribution >= 4 is 22.2 Å². The van der Waals surface area contributed by atoms with Gasteiger partial charge >= 0.3 is 0 Å². The normalized spacial score (nSPS) is 13.0. The molecule has 3 aromatic rings. The Balaban J connectivity index is 1.71. The van der Waals surface area contributed by atoms with Crippen LogP contribution in [0.1, 0.15) is 30.7 Å². The van der Waals surface area contributed by atoms with E-state index in [1.807, 2.05) is 38.1 Å². The predicted octanol–water partition coefficient (Wildman–Crippen LogP) is 3.96. The van der Waals surface area contributed by atoms with Crippen LogP contribution in [0, 0.1) is 0 Å². The number of rotatable bonds is 4. The van der Waals surface area contributed by atoms with Gasteiger partial charge in [-0.15, -0.1) is 0 Å². The highest BCUT2D eigenvalue weighted by atomic mass is 32.1. The van der Waals surface area contributed by atoms with Gasteiger partial charge in [0.2, 0.25) is 5.88 Å². The monoisotopic (exact) mass is 350 g/mol. The summed E-state index contributed by atoms with van der Waals surface area (Å²) < 4.78 is 10.0. The van der Waals surface area contributed by atoms with Crippen molar-refractivity contribution < 1.29 is 4.74 Å². The van der Waals surface area contributed by atoms with Crippen molar-refractivity contribution in [3.05, 3.63) is 59.3 Å². The van der Waals surface area contributed by atoms with Crippen LogP contribution in [-0.4, -0.2) is 20.4 Å². The first kappa shape index (κ1) is 15.8. The molecule has 0 amide bonds. The fourth-order valence-corrected chi connectivity index (χ4v) is 3.39. The number of fused-ring (bicyclic) bond motifs is 1. The zero-order valence-corrected chi connectivity index (χ0v) is 14.9. The van der Waals surface area contributed by atoms with Crippen LogP contribution >= 0.6 is 11.5 Å². The fourth-order valence-electron chi connectivity index (χ4n) is 2.93. The molecule has 0 spiro atoms. The molecular formula is C19H18N4OS. The van der Waals surface area contributed by atoms with Crippen LogP contribution in [0.5, 0.6) is 5.88 Å². The number of hydrogen-bond acceptors (Lipinski definition) is 6. The standard InChI is InChI=1S/C19H18N4OS/c1-11(2)24-17-5-3-4-16(21-17)14-9-8-12-6-7-13(10-15(12)14)18-22-19(20)25-23-18/h3-7,9-11H,8H2,1-2H3,(H2,20,22,23). The van der Waals surface area contributed by atoms with Crippen LogP contribution in [0.4, 0.5) is 5.13 Å². The van der Waals surface area contributed by atoms with Crippen molar-refractivity contribution in [1.82, 2.24) is 14.3 Å². The van der Waals surface area contributed by atoms with Crippen LogP contribution in [0.25, 0.3) is 17.0 Å². The summed E-state index contributed by atoms with van der Waals surface area (Å²) in [6.45, 7) is 3.99. The summed E-state index contributed by atoms with van der Waals surface area (Å²) in [4.78, 5) is 8.94. The van der Waals surface area contributed by atoms with Gasteiger partial charge in [0.05, 0.1) is 11.8 Å². The van der Waals surface area contributed by atoms with E-state index in [9.17, 15) is 0 Å². The van der Waals surface area contributed by atoms with Crippen LogP contribution in [0.2, 0.25) is 0 Å². The van der Waals surface area contributed by atoms with Gasteiger partial charge in [-0.05, 0) is 43.5 Å². The van der Waals surface area contributed by atoms with Crippen molar-refractivity contribution in [2.75, 3.05) is 5.73 Å². The Morgan fingerprint density at radius 3 is 2.80 bits per heavy atom. The highest BCUT2D eigenvalue weighted by Crippen LogP contribution is 2.35. The van der Waals surface area contributed by atoms with Crippen molar-refractivity contribution in [3.8, 4) is 17.3 Å². The molecule has 0 atom stereocenters. The van der Waals surface area contributed by atoms with Crippen LogP contribution < -0.4 is 10.5 Å². The molecule has 2 heterocycles. The maximum Gasteiger partial charge on any atom is 0.214 e.